The van der Waals surface area contributed by atoms with Crippen molar-refractivity contribution < 1.29 is 67.2 Å². The molecular formula is C55H62F4N2O10. The van der Waals surface area contributed by atoms with Gasteiger partial charge in [-0.25, -0.2) is 17.6 Å². The van der Waals surface area contributed by atoms with Gasteiger partial charge in [0.25, 0.3) is 0 Å². The van der Waals surface area contributed by atoms with E-state index in [1.807, 2.05) is 60.9 Å². The first-order valence-electron chi connectivity index (χ1n) is 24.4. The number of benzene rings is 2. The number of fused-ring (bicyclic) bond motifs is 12. The second kappa shape index (κ2) is 17.8. The predicted molar refractivity (Wildman–Crippen MR) is 253 cm³/mol. The van der Waals surface area contributed by atoms with E-state index in [4.69, 9.17) is 10.0 Å². The number of carbonyl (C=O) groups is 4. The zero-order valence-electron chi connectivity index (χ0n) is 40.1. The van der Waals surface area contributed by atoms with Gasteiger partial charge in [-0.3, -0.25) is 39.8 Å². The minimum Gasteiger partial charge on any atom is -0.390 e. The lowest BCUT2D eigenvalue weighted by Gasteiger charge is -2.63. The Kier molecular flexibility index (Phi) is 12.8. The number of para-hydroxylation sites is 2. The number of hydroxylamine groups is 1. The zero-order chi connectivity index (χ0) is 51.3. The van der Waals surface area contributed by atoms with E-state index in [1.165, 1.54) is 30.4 Å². The first-order valence-corrected chi connectivity index (χ1v) is 24.4. The Morgan fingerprint density at radius 2 is 1.25 bits per heavy atom. The van der Waals surface area contributed by atoms with E-state index >= 15 is 17.6 Å². The molecule has 1 saturated heterocycles. The third-order valence-electron chi connectivity index (χ3n) is 18.8. The lowest BCUT2D eigenvalue weighted by atomic mass is 9.44. The van der Waals surface area contributed by atoms with E-state index in [0.29, 0.717) is 30.6 Å². The van der Waals surface area contributed by atoms with Crippen LogP contribution in [0, 0.1) is 51.2 Å². The van der Waals surface area contributed by atoms with Gasteiger partial charge in [-0.05, 0) is 129 Å². The summed E-state index contributed by atoms with van der Waals surface area (Å²) in [5.74, 6) is -4.58. The molecule has 1 aliphatic heterocycles. The molecule has 16 atom stereocenters. The molecule has 0 amide bonds. The van der Waals surface area contributed by atoms with Crippen LogP contribution in [0.3, 0.4) is 0 Å². The molecule has 0 bridgehead atoms. The summed E-state index contributed by atoms with van der Waals surface area (Å²) in [5.41, 5.74) is -6.47. The van der Waals surface area contributed by atoms with Gasteiger partial charge in [-0.15, -0.1) is 0 Å². The van der Waals surface area contributed by atoms with Crippen LogP contribution >= 0.6 is 0 Å². The van der Waals surface area contributed by atoms with Gasteiger partial charge in [0.1, 0.15) is 25.6 Å². The summed E-state index contributed by atoms with van der Waals surface area (Å²) < 4.78 is 64.7. The summed E-state index contributed by atoms with van der Waals surface area (Å²) in [5, 5.41) is 51.7. The molecular weight excluding hydrogens is 925 g/mol. The third-order valence-corrected chi connectivity index (χ3v) is 18.8. The number of anilines is 2. The lowest BCUT2D eigenvalue weighted by molar-refractivity contribution is -0.228. The van der Waals surface area contributed by atoms with Crippen LogP contribution in [-0.4, -0.2) is 110 Å². The zero-order valence-corrected chi connectivity index (χ0v) is 40.1. The van der Waals surface area contributed by atoms with E-state index in [9.17, 15) is 39.6 Å². The molecule has 0 radical (unpaired) electrons. The predicted octanol–water partition coefficient (Wildman–Crippen LogP) is 7.17. The van der Waals surface area contributed by atoms with E-state index in [-0.39, 0.29) is 60.2 Å². The molecule has 5 saturated carbocycles. The molecule has 12 nitrogen and oxygen atoms in total. The Bertz CT molecular complexity index is 2650. The highest BCUT2D eigenvalue weighted by molar-refractivity contribution is 6.02. The number of nitrogens with zero attached hydrogens (tertiary/aromatic N) is 1. The van der Waals surface area contributed by atoms with E-state index < -0.39 is 106 Å². The summed E-state index contributed by atoms with van der Waals surface area (Å²) in [6.07, 6.45) is 3.80. The molecule has 8 aliphatic carbocycles. The first kappa shape index (κ1) is 50.8. The number of ketones is 4. The fourth-order valence-electron chi connectivity index (χ4n) is 15.4. The largest absolute Gasteiger partial charge is 0.390 e. The highest BCUT2D eigenvalue weighted by Gasteiger charge is 2.80. The third kappa shape index (κ3) is 7.12. The summed E-state index contributed by atoms with van der Waals surface area (Å²) in [7, 11) is 0. The summed E-state index contributed by atoms with van der Waals surface area (Å²) >= 11 is 0. The van der Waals surface area contributed by atoms with Crippen molar-refractivity contribution in [3.05, 3.63) is 120 Å². The molecule has 0 spiro atoms. The van der Waals surface area contributed by atoms with Crippen LogP contribution in [0.4, 0.5) is 28.9 Å². The second-order valence-electron chi connectivity index (χ2n) is 21.9. The average Bonchev–Trinajstić information content (AvgIpc) is 3.99. The van der Waals surface area contributed by atoms with Gasteiger partial charge in [-0.2, -0.15) is 0 Å². The molecule has 0 aromatic heterocycles. The number of hydrogen-bond donors (Lipinski definition) is 6. The van der Waals surface area contributed by atoms with Crippen LogP contribution in [0.2, 0.25) is 0 Å². The van der Waals surface area contributed by atoms with Crippen molar-refractivity contribution in [3.8, 4) is 0 Å². The van der Waals surface area contributed by atoms with Crippen molar-refractivity contribution in [3.63, 3.8) is 0 Å². The topological polar surface area (TPSA) is 194 Å². The second-order valence-corrected chi connectivity index (χ2v) is 21.9. The number of aliphatic hydroxyl groups excluding tert-OH is 4. The van der Waals surface area contributed by atoms with E-state index in [2.05, 4.69) is 0 Å². The van der Waals surface area contributed by atoms with Crippen molar-refractivity contribution in [1.29, 1.82) is 0 Å². The first-order chi connectivity index (χ1) is 33.5. The monoisotopic (exact) mass is 986 g/mol. The van der Waals surface area contributed by atoms with Gasteiger partial charge in [0, 0.05) is 39.4 Å². The number of nitrogens with one attached hydrogen (secondary N) is 1. The van der Waals surface area contributed by atoms with Gasteiger partial charge in [0.15, 0.2) is 40.1 Å². The normalized spacial score (nSPS) is 43.2. The van der Waals surface area contributed by atoms with Crippen molar-refractivity contribution >= 4 is 34.5 Å². The number of hydrogen-bond acceptors (Lipinski definition) is 12. The Labute approximate surface area is 409 Å². The number of aliphatic hydroxyl groups is 4. The maximum atomic E-state index is 17.4. The van der Waals surface area contributed by atoms with Crippen LogP contribution in [0.15, 0.2) is 120 Å². The van der Waals surface area contributed by atoms with Gasteiger partial charge in [-0.1, -0.05) is 68.5 Å². The Balaban J connectivity index is 0.000000156. The number of allylic oxidation sites excluding steroid dienone is 9. The molecule has 1 heterocycles. The van der Waals surface area contributed by atoms with Crippen LogP contribution in [0.25, 0.3) is 0 Å². The van der Waals surface area contributed by atoms with E-state index in [1.54, 1.807) is 44.0 Å². The number of alkyl halides is 4. The maximum Gasteiger partial charge on any atom is 0.193 e. The smallest absolute Gasteiger partial charge is 0.193 e. The Morgan fingerprint density at radius 1 is 0.732 bits per heavy atom. The van der Waals surface area contributed by atoms with Crippen molar-refractivity contribution in [2.24, 2.45) is 51.2 Å². The highest BCUT2D eigenvalue weighted by atomic mass is 19.2. The number of Topliss-reactive ketones (excluding diaryl/α,β-unsaturated/α-hetero) is 2. The summed E-state index contributed by atoms with van der Waals surface area (Å²) in [4.78, 5) is 55.9. The minimum absolute atomic E-state index is 0.0177. The van der Waals surface area contributed by atoms with Crippen LogP contribution in [-0.2, 0) is 24.0 Å². The minimum atomic E-state index is -2.22. The van der Waals surface area contributed by atoms with Crippen molar-refractivity contribution in [2.75, 3.05) is 30.3 Å². The molecule has 6 fully saturated rings. The lowest BCUT2D eigenvalue weighted by Crippen LogP contribution is -2.70. The van der Waals surface area contributed by atoms with Crippen LogP contribution in [0.5, 0.6) is 0 Å². The molecule has 2 aromatic rings. The Morgan fingerprint density at radius 3 is 1.76 bits per heavy atom. The summed E-state index contributed by atoms with van der Waals surface area (Å²) in [6, 6.07) is 18.4. The highest BCUT2D eigenvalue weighted by Crippen LogP contribution is 2.73. The molecule has 380 valence electrons. The molecule has 6 N–H and O–H groups in total. The Hall–Kier alpha value is -5.10. The quantitative estimate of drug-likeness (QED) is 0.126. The number of carbonyl (C=O) groups excluding carboxylic acids is 4. The average molecular weight is 987 g/mol. The van der Waals surface area contributed by atoms with E-state index in [0.717, 1.165) is 11.8 Å². The van der Waals surface area contributed by atoms with Gasteiger partial charge < -0.3 is 20.4 Å². The summed E-state index contributed by atoms with van der Waals surface area (Å²) in [6.45, 7) is 5.71. The molecule has 71 heavy (non-hydrogen) atoms. The SMILES string of the molecule is C[C@]12C=CC(=O)C=C1[C@@H](F)C[C@H]1[C@@H]3CC=C(C(=O)CO)[C@@]3(C)C[C@H](O)[C@@]12F.C[C@]12C=CC(=O)C=C1[C@@H](F)C[C@H]1[C@@H]3C[C@H]4CN(c5ccccc5)O[C@@]4(C(=O)CO)[C@@]3(C)C[C@H](O)[C@@]12F.ONc1ccccc1. The van der Waals surface area contributed by atoms with Crippen molar-refractivity contribution in [2.45, 2.75) is 108 Å². The maximum absolute atomic E-state index is 17.4. The van der Waals surface area contributed by atoms with Crippen LogP contribution in [0.1, 0.15) is 66.2 Å². The standard InChI is InChI=1S/C28H31F2NO5.C21H24F2O4.C6H7NO/c1-25-9-8-18(33)11-21(25)22(29)12-20-19-10-16-14-31(17-6-4-3-5-7-17)36-28(16,24(35)15-32)26(19,2)13-23(34)27(20,25)30;1-19-9-18(27)21(23)14(12(19)3-4-13(19)17(26)10-24)8-16(22)15-7-11(25)5-6-20(15,21)2;8-7-6-4-2-1-3-5-6/h3-9,11,16,19-20,22-23,32,34H,10,12-15H2,1-2H3;4-7,12,14,16,18,24,27H,3,8-10H2,1-2H3;1-5,7-8H/t16-,19-,20-,22-,23-,25-,26-,27-,28-;12-,14-,16-,18-,19-,20-,21-;/m00./s1. The molecule has 16 heteroatoms. The number of rotatable bonds is 6. The van der Waals surface area contributed by atoms with Gasteiger partial charge >= 0.3 is 0 Å². The molecule has 2 aromatic carbocycles. The van der Waals surface area contributed by atoms with Crippen molar-refractivity contribution in [1.82, 2.24) is 0 Å². The number of halogens is 4. The molecule has 11 rings (SSSR count). The van der Waals surface area contributed by atoms with Gasteiger partial charge in [0.05, 0.1) is 30.1 Å². The van der Waals surface area contributed by atoms with Crippen LogP contribution < -0.4 is 10.5 Å². The van der Waals surface area contributed by atoms with Gasteiger partial charge in [0.2, 0.25) is 0 Å². The molecule has 0 unspecified atom stereocenters. The fourth-order valence-corrected chi connectivity index (χ4v) is 15.4. The fraction of sp³-hybridized carbons (Fsp3) is 0.527. The molecule has 9 aliphatic rings.